The minimum Gasteiger partial charge on any atom is -0.467 e. The van der Waals surface area contributed by atoms with Crippen LogP contribution in [0.3, 0.4) is 0 Å². The molecule has 34 heavy (non-hydrogen) atoms. The van der Waals surface area contributed by atoms with E-state index in [0.717, 1.165) is 53.3 Å². The van der Waals surface area contributed by atoms with Crippen LogP contribution in [0.5, 0.6) is 5.75 Å². The molecule has 0 radical (unpaired) electrons. The Morgan fingerprint density at radius 1 is 1.12 bits per heavy atom. The summed E-state index contributed by atoms with van der Waals surface area (Å²) in [5.74, 6) is 1.96. The van der Waals surface area contributed by atoms with E-state index in [4.69, 9.17) is 23.9 Å². The smallest absolute Gasteiger partial charge is 0.226 e. The molecule has 9 heteroatoms. The normalized spacial score (nSPS) is 16.6. The molecular weight excluding hydrogens is 432 g/mol. The fourth-order valence-electron chi connectivity index (χ4n) is 4.40. The number of fused-ring (bicyclic) bond motifs is 2. The lowest BCUT2D eigenvalue weighted by molar-refractivity contribution is 0.0516. The third kappa shape index (κ3) is 4.67. The molecule has 1 aromatic carbocycles. The van der Waals surface area contributed by atoms with E-state index < -0.39 is 0 Å². The van der Waals surface area contributed by atoms with Crippen molar-refractivity contribution in [3.05, 3.63) is 36.4 Å². The first-order valence-corrected chi connectivity index (χ1v) is 11.5. The maximum Gasteiger partial charge on any atom is 0.226 e. The number of hydrogen-bond acceptors (Lipinski definition) is 9. The zero-order valence-electron chi connectivity index (χ0n) is 20.3. The summed E-state index contributed by atoms with van der Waals surface area (Å²) >= 11 is 0. The van der Waals surface area contributed by atoms with Crippen LogP contribution < -0.4 is 15.0 Å². The number of hydrogen-bond donors (Lipinski definition) is 1. The SMILES string of the molecule is COCOc1cc2nc(C)oc2cc1-c1ccc2nc(N3CC[C@@H](NC(C)(C)C)C3)ncc2n1. The minimum absolute atomic E-state index is 0.0878. The lowest BCUT2D eigenvalue weighted by Crippen LogP contribution is -2.45. The molecule has 178 valence electrons. The maximum absolute atomic E-state index is 5.81. The summed E-state index contributed by atoms with van der Waals surface area (Å²) < 4.78 is 16.6. The number of aromatic nitrogens is 4. The van der Waals surface area contributed by atoms with Gasteiger partial charge in [0.15, 0.2) is 18.3 Å². The average molecular weight is 463 g/mol. The van der Waals surface area contributed by atoms with Crippen molar-refractivity contribution in [1.29, 1.82) is 0 Å². The topological polar surface area (TPSA) is 98.4 Å². The molecule has 0 amide bonds. The van der Waals surface area contributed by atoms with Crippen molar-refractivity contribution in [2.75, 3.05) is 31.9 Å². The zero-order valence-corrected chi connectivity index (χ0v) is 20.3. The molecule has 0 unspecified atom stereocenters. The largest absolute Gasteiger partial charge is 0.467 e. The molecule has 1 aliphatic rings. The minimum atomic E-state index is 0.0878. The van der Waals surface area contributed by atoms with Crippen LogP contribution in [-0.4, -0.2) is 58.5 Å². The Morgan fingerprint density at radius 2 is 1.97 bits per heavy atom. The Bertz CT molecular complexity index is 1330. The van der Waals surface area contributed by atoms with Crippen LogP contribution in [0.15, 0.2) is 34.9 Å². The van der Waals surface area contributed by atoms with Crippen molar-refractivity contribution in [1.82, 2.24) is 25.3 Å². The molecule has 1 saturated heterocycles. The van der Waals surface area contributed by atoms with Gasteiger partial charge >= 0.3 is 0 Å². The van der Waals surface area contributed by atoms with Crippen molar-refractivity contribution in [2.24, 2.45) is 0 Å². The Kier molecular flexibility index (Phi) is 5.83. The Morgan fingerprint density at radius 3 is 2.76 bits per heavy atom. The summed E-state index contributed by atoms with van der Waals surface area (Å²) in [7, 11) is 1.59. The van der Waals surface area contributed by atoms with Crippen molar-refractivity contribution in [3.63, 3.8) is 0 Å². The number of nitrogens with one attached hydrogen (secondary N) is 1. The highest BCUT2D eigenvalue weighted by Crippen LogP contribution is 2.34. The summed E-state index contributed by atoms with van der Waals surface area (Å²) in [6.45, 7) is 10.3. The van der Waals surface area contributed by atoms with Crippen LogP contribution in [0, 0.1) is 6.92 Å². The molecule has 3 aromatic heterocycles. The van der Waals surface area contributed by atoms with E-state index in [9.17, 15) is 0 Å². The van der Waals surface area contributed by atoms with E-state index in [1.165, 1.54) is 0 Å². The molecule has 0 aliphatic carbocycles. The molecule has 4 heterocycles. The van der Waals surface area contributed by atoms with Gasteiger partial charge < -0.3 is 24.1 Å². The van der Waals surface area contributed by atoms with E-state index in [1.807, 2.05) is 31.2 Å². The second-order valence-electron chi connectivity index (χ2n) is 9.70. The number of pyridine rings is 1. The maximum atomic E-state index is 5.81. The Balaban J connectivity index is 1.44. The monoisotopic (exact) mass is 462 g/mol. The van der Waals surface area contributed by atoms with Crippen LogP contribution in [0.1, 0.15) is 33.1 Å². The molecule has 0 bridgehead atoms. The van der Waals surface area contributed by atoms with Crippen LogP contribution >= 0.6 is 0 Å². The number of rotatable bonds is 6. The second kappa shape index (κ2) is 8.81. The molecule has 1 fully saturated rings. The standard InChI is InChI=1S/C25H30N6O3/c1-15-27-20-11-22(33-14-32-5)17(10-23(20)34-15)18-6-7-19-21(28-18)12-26-24(29-19)31-9-8-16(13-31)30-25(2,3)4/h6-7,10-12,16,30H,8-9,13-14H2,1-5H3/t16-/m1/s1. The van der Waals surface area contributed by atoms with Gasteiger partial charge in [0.25, 0.3) is 0 Å². The van der Waals surface area contributed by atoms with E-state index in [2.05, 4.69) is 41.0 Å². The van der Waals surface area contributed by atoms with Gasteiger partial charge in [-0.3, -0.25) is 0 Å². The number of anilines is 1. The number of benzene rings is 1. The van der Waals surface area contributed by atoms with E-state index in [-0.39, 0.29) is 12.3 Å². The summed E-state index contributed by atoms with van der Waals surface area (Å²) in [5.41, 5.74) is 4.55. The first-order valence-electron chi connectivity index (χ1n) is 11.5. The van der Waals surface area contributed by atoms with Gasteiger partial charge in [-0.15, -0.1) is 0 Å². The average Bonchev–Trinajstić information content (AvgIpc) is 3.40. The van der Waals surface area contributed by atoms with E-state index in [1.54, 1.807) is 13.3 Å². The van der Waals surface area contributed by atoms with Crippen molar-refractivity contribution in [3.8, 4) is 17.0 Å². The predicted molar refractivity (Wildman–Crippen MR) is 131 cm³/mol. The highest BCUT2D eigenvalue weighted by Gasteiger charge is 2.27. The molecule has 5 rings (SSSR count). The van der Waals surface area contributed by atoms with Gasteiger partial charge in [0.2, 0.25) is 5.95 Å². The van der Waals surface area contributed by atoms with Gasteiger partial charge in [0.05, 0.1) is 17.4 Å². The number of ether oxygens (including phenoxy) is 2. The van der Waals surface area contributed by atoms with Gasteiger partial charge in [0, 0.05) is 50.3 Å². The molecule has 0 saturated carbocycles. The fraction of sp³-hybridized carbons (Fsp3) is 0.440. The number of oxazole rings is 1. The molecule has 9 nitrogen and oxygen atoms in total. The van der Waals surface area contributed by atoms with Gasteiger partial charge in [-0.2, -0.15) is 0 Å². The first kappa shape index (κ1) is 22.5. The Hall–Kier alpha value is -3.30. The van der Waals surface area contributed by atoms with Crippen LogP contribution in [0.2, 0.25) is 0 Å². The quantitative estimate of drug-likeness (QED) is 0.425. The van der Waals surface area contributed by atoms with Crippen molar-refractivity contribution < 1.29 is 13.9 Å². The van der Waals surface area contributed by atoms with Gasteiger partial charge in [-0.25, -0.2) is 19.9 Å². The molecule has 4 aromatic rings. The molecule has 1 atom stereocenters. The first-order chi connectivity index (χ1) is 16.3. The molecule has 0 spiro atoms. The van der Waals surface area contributed by atoms with Gasteiger partial charge in [0.1, 0.15) is 16.8 Å². The number of aryl methyl sites for hydroxylation is 1. The predicted octanol–water partition coefficient (Wildman–Crippen LogP) is 4.09. The van der Waals surface area contributed by atoms with Gasteiger partial charge in [-0.05, 0) is 45.4 Å². The third-order valence-corrected chi connectivity index (χ3v) is 5.74. The number of methoxy groups -OCH3 is 1. The van der Waals surface area contributed by atoms with Gasteiger partial charge in [-0.1, -0.05) is 0 Å². The van der Waals surface area contributed by atoms with E-state index in [0.29, 0.717) is 23.3 Å². The second-order valence-corrected chi connectivity index (χ2v) is 9.70. The fourth-order valence-corrected chi connectivity index (χ4v) is 4.40. The summed E-state index contributed by atoms with van der Waals surface area (Å²) in [4.78, 5) is 20.9. The van der Waals surface area contributed by atoms with Crippen LogP contribution in [0.25, 0.3) is 33.4 Å². The Labute approximate surface area is 198 Å². The zero-order chi connectivity index (χ0) is 23.9. The van der Waals surface area contributed by atoms with Crippen LogP contribution in [0.4, 0.5) is 5.95 Å². The van der Waals surface area contributed by atoms with Crippen molar-refractivity contribution in [2.45, 2.75) is 45.7 Å². The summed E-state index contributed by atoms with van der Waals surface area (Å²) in [6.07, 6.45) is 2.86. The highest BCUT2D eigenvalue weighted by atomic mass is 16.7. The summed E-state index contributed by atoms with van der Waals surface area (Å²) in [6, 6.07) is 8.09. The van der Waals surface area contributed by atoms with Crippen LogP contribution in [-0.2, 0) is 4.74 Å². The molecular formula is C25H30N6O3. The third-order valence-electron chi connectivity index (χ3n) is 5.74. The summed E-state index contributed by atoms with van der Waals surface area (Å²) in [5, 5.41) is 3.67. The lowest BCUT2D eigenvalue weighted by atomic mass is 10.1. The van der Waals surface area contributed by atoms with E-state index >= 15 is 0 Å². The highest BCUT2D eigenvalue weighted by molar-refractivity contribution is 5.86. The number of nitrogens with zero attached hydrogens (tertiary/aromatic N) is 5. The molecule has 1 N–H and O–H groups in total. The van der Waals surface area contributed by atoms with Crippen molar-refractivity contribution >= 4 is 28.1 Å². The molecule has 1 aliphatic heterocycles. The lowest BCUT2D eigenvalue weighted by Gasteiger charge is -2.26.